The number of aromatic hydroxyl groups is 1. The van der Waals surface area contributed by atoms with E-state index in [9.17, 15) is 14.8 Å². The molecule has 2 aromatic heterocycles. The second kappa shape index (κ2) is 25.6. The number of Topliss-reactive ketones (excluding diaryl/α,β-unsaturated/α-hetero) is 1. The Hall–Kier alpha value is -3.45. The van der Waals surface area contributed by atoms with Crippen molar-refractivity contribution in [1.82, 2.24) is 0 Å². The van der Waals surface area contributed by atoms with Crippen LogP contribution in [0, 0.1) is 27.4 Å². The van der Waals surface area contributed by atoms with Crippen LogP contribution in [0.5, 0.6) is 5.75 Å². The minimum Gasteiger partial charge on any atom is -0.619 e. The number of hydrogen-bond acceptors (Lipinski definition) is 6. The van der Waals surface area contributed by atoms with Gasteiger partial charge in [-0.3, -0.25) is 9.59 Å². The molecule has 3 rings (SSSR count). The highest BCUT2D eigenvalue weighted by atomic mass is 16.5. The molecular weight excluding hydrogens is 590 g/mol. The number of carbonyl (C=O) groups excluding carboxylic acids is 1. The number of ketones is 1. The van der Waals surface area contributed by atoms with Crippen LogP contribution in [0.3, 0.4) is 0 Å². The van der Waals surface area contributed by atoms with E-state index < -0.39 is 5.43 Å². The fourth-order valence-corrected chi connectivity index (χ4v) is 2.68. The molecule has 0 aliphatic rings. The SMILES string of the molecule is CC.CC(=O)[C@H](CO)C(C)(C)C.CC(C)(C)C.CC(C)(C)C.CC(C)(C)c1ccccc1.O=c1ccocc1O.[O-][n+]1ccccc1. The fraction of sp³-hybridized carbons (Fsp3) is 0.575. The number of benzene rings is 1. The first-order chi connectivity index (χ1) is 21.2. The quantitative estimate of drug-likeness (QED) is 0.209. The summed E-state index contributed by atoms with van der Waals surface area (Å²) >= 11 is 0. The van der Waals surface area contributed by atoms with Gasteiger partial charge in [0.1, 0.15) is 12.0 Å². The summed E-state index contributed by atoms with van der Waals surface area (Å²) in [5.41, 5.74) is 2.16. The van der Waals surface area contributed by atoms with Gasteiger partial charge in [-0.15, -0.1) is 0 Å². The van der Waals surface area contributed by atoms with E-state index in [-0.39, 0.29) is 29.5 Å². The van der Waals surface area contributed by atoms with Gasteiger partial charge in [-0.1, -0.05) is 147 Å². The maximum atomic E-state index is 10.9. The van der Waals surface area contributed by atoms with Gasteiger partial charge in [0.15, 0.2) is 18.1 Å². The second-order valence-corrected chi connectivity index (χ2v) is 15.9. The number of hydrogen-bond donors (Lipinski definition) is 2. The van der Waals surface area contributed by atoms with Crippen LogP contribution in [-0.4, -0.2) is 22.6 Å². The third kappa shape index (κ3) is 40.5. The minimum absolute atomic E-state index is 0.0428. The zero-order valence-electron chi connectivity index (χ0n) is 32.8. The molecule has 0 aliphatic carbocycles. The molecule has 1 atom stereocenters. The summed E-state index contributed by atoms with van der Waals surface area (Å²) in [6.45, 7) is 35.5. The van der Waals surface area contributed by atoms with Crippen molar-refractivity contribution in [3.05, 3.63) is 101 Å². The molecule has 0 radical (unpaired) electrons. The average molecular weight is 660 g/mol. The predicted octanol–water partition coefficient (Wildman–Crippen LogP) is 10.0. The summed E-state index contributed by atoms with van der Waals surface area (Å²) < 4.78 is 5.19. The van der Waals surface area contributed by atoms with Crippen molar-refractivity contribution >= 4 is 5.78 Å². The van der Waals surface area contributed by atoms with Crippen LogP contribution in [0.15, 0.2) is 88.7 Å². The molecule has 0 aliphatic heterocycles. The Kier molecular flexibility index (Phi) is 27.5. The third-order valence-corrected chi connectivity index (χ3v) is 4.78. The molecule has 0 spiro atoms. The first kappa shape index (κ1) is 50.4. The van der Waals surface area contributed by atoms with Crippen molar-refractivity contribution < 1.29 is 24.2 Å². The number of nitrogens with zero attached hydrogens (tertiary/aromatic N) is 1. The van der Waals surface area contributed by atoms with E-state index in [1.165, 1.54) is 31.1 Å². The van der Waals surface area contributed by atoms with E-state index in [2.05, 4.69) is 111 Å². The van der Waals surface area contributed by atoms with Gasteiger partial charge in [-0.05, 0) is 34.1 Å². The minimum atomic E-state index is -0.420. The van der Waals surface area contributed by atoms with Crippen molar-refractivity contribution in [2.24, 2.45) is 22.2 Å². The number of aromatic nitrogens is 1. The van der Waals surface area contributed by atoms with E-state index in [1.54, 1.807) is 18.2 Å². The number of rotatable bonds is 2. The summed E-state index contributed by atoms with van der Waals surface area (Å²) in [4.78, 5) is 21.2. The Morgan fingerprint density at radius 2 is 1.15 bits per heavy atom. The van der Waals surface area contributed by atoms with Gasteiger partial charge in [0, 0.05) is 24.1 Å². The van der Waals surface area contributed by atoms with E-state index in [0.29, 0.717) is 16.2 Å². The summed E-state index contributed by atoms with van der Waals surface area (Å²) in [5, 5.41) is 27.5. The molecule has 0 fully saturated rings. The lowest BCUT2D eigenvalue weighted by Gasteiger charge is -2.26. The smallest absolute Gasteiger partial charge is 0.226 e. The zero-order valence-corrected chi connectivity index (χ0v) is 32.8. The van der Waals surface area contributed by atoms with Crippen molar-refractivity contribution in [2.45, 2.75) is 123 Å². The molecule has 47 heavy (non-hydrogen) atoms. The molecule has 7 nitrogen and oxygen atoms in total. The molecule has 7 heteroatoms. The van der Waals surface area contributed by atoms with E-state index in [4.69, 9.17) is 10.2 Å². The van der Waals surface area contributed by atoms with Gasteiger partial charge < -0.3 is 19.8 Å². The van der Waals surface area contributed by atoms with Gasteiger partial charge >= 0.3 is 0 Å². The molecule has 2 N–H and O–H groups in total. The molecule has 3 aromatic rings. The van der Waals surface area contributed by atoms with Gasteiger partial charge in [0.25, 0.3) is 0 Å². The highest BCUT2D eigenvalue weighted by Crippen LogP contribution is 2.25. The summed E-state index contributed by atoms with van der Waals surface area (Å²) in [6, 6.07) is 16.9. The molecule has 0 saturated heterocycles. The highest BCUT2D eigenvalue weighted by Gasteiger charge is 2.27. The van der Waals surface area contributed by atoms with Crippen LogP contribution in [0.1, 0.15) is 123 Å². The predicted molar refractivity (Wildman–Crippen MR) is 200 cm³/mol. The van der Waals surface area contributed by atoms with Gasteiger partial charge in [0.2, 0.25) is 5.43 Å². The number of pyridine rings is 1. The first-order valence-corrected chi connectivity index (χ1v) is 16.3. The van der Waals surface area contributed by atoms with Crippen molar-refractivity contribution in [1.29, 1.82) is 0 Å². The number of aliphatic hydroxyl groups excluding tert-OH is 1. The first-order valence-electron chi connectivity index (χ1n) is 16.3. The summed E-state index contributed by atoms with van der Waals surface area (Å²) in [5.74, 6) is -0.505. The van der Waals surface area contributed by atoms with Gasteiger partial charge in [-0.25, -0.2) is 0 Å². The van der Waals surface area contributed by atoms with Gasteiger partial charge in [-0.2, -0.15) is 4.73 Å². The topological polar surface area (TPSA) is 115 Å². The van der Waals surface area contributed by atoms with Crippen molar-refractivity contribution in [3.63, 3.8) is 0 Å². The molecule has 270 valence electrons. The van der Waals surface area contributed by atoms with E-state index in [1.807, 2.05) is 34.6 Å². The average Bonchev–Trinajstić information content (AvgIpc) is 2.91. The Bertz CT molecular complexity index is 1170. The molecule has 0 saturated carbocycles. The summed E-state index contributed by atoms with van der Waals surface area (Å²) in [6.07, 6.45) is 5.09. The second-order valence-electron chi connectivity index (χ2n) is 15.9. The Morgan fingerprint density at radius 1 is 0.766 bits per heavy atom. The van der Waals surface area contributed by atoms with Crippen LogP contribution in [0.2, 0.25) is 0 Å². The zero-order chi connectivity index (χ0) is 38.1. The van der Waals surface area contributed by atoms with Crippen LogP contribution in [-0.2, 0) is 10.2 Å². The van der Waals surface area contributed by atoms with Crippen LogP contribution in [0.4, 0.5) is 0 Å². The maximum absolute atomic E-state index is 10.9. The molecule has 0 bridgehead atoms. The maximum Gasteiger partial charge on any atom is 0.226 e. The lowest BCUT2D eigenvalue weighted by Crippen LogP contribution is -2.29. The Labute approximate surface area is 287 Å². The third-order valence-electron chi connectivity index (χ3n) is 4.78. The summed E-state index contributed by atoms with van der Waals surface area (Å²) in [7, 11) is 0. The van der Waals surface area contributed by atoms with E-state index in [0.717, 1.165) is 17.1 Å². The Balaban J connectivity index is -0.000000238. The van der Waals surface area contributed by atoms with Crippen LogP contribution in [0.25, 0.3) is 0 Å². The molecular formula is C40H69NO6. The lowest BCUT2D eigenvalue weighted by atomic mass is 9.79. The van der Waals surface area contributed by atoms with E-state index >= 15 is 0 Å². The molecule has 0 amide bonds. The Morgan fingerprint density at radius 3 is 1.32 bits per heavy atom. The van der Waals surface area contributed by atoms with Gasteiger partial charge in [0.05, 0.1) is 12.9 Å². The van der Waals surface area contributed by atoms with Crippen molar-refractivity contribution in [3.8, 4) is 5.75 Å². The monoisotopic (exact) mass is 660 g/mol. The fourth-order valence-electron chi connectivity index (χ4n) is 2.68. The van der Waals surface area contributed by atoms with Crippen LogP contribution < -0.4 is 10.2 Å². The lowest BCUT2D eigenvalue weighted by molar-refractivity contribution is -0.605. The number of carbonyl (C=O) groups is 1. The van der Waals surface area contributed by atoms with Crippen LogP contribution >= 0.6 is 0 Å². The standard InChI is InChI=1S/C10H14.C8H16O2.C5H5NO.C5H4O3.2C5H12.C2H6/c1-10(2,3)9-7-5-4-6-8-9;1-6(10)7(5-9)8(2,3)4;7-6-4-2-1-3-5-6;6-4-1-2-8-3-5(4)7;2*1-5(2,3)4;1-2/h4-8H,1-3H3;7,9H,5H2,1-4H3;1-5H;1-3,7H;2*1-4H3;1-2H3/t;7-;;;;;/m.0...../s1. The largest absolute Gasteiger partial charge is 0.619 e. The highest BCUT2D eigenvalue weighted by molar-refractivity contribution is 5.79. The molecule has 1 aromatic carbocycles. The van der Waals surface area contributed by atoms with Crippen molar-refractivity contribution in [2.75, 3.05) is 6.61 Å². The normalized spacial score (nSPS) is 11.1. The molecule has 2 heterocycles. The molecule has 0 unspecified atom stereocenters. The number of aliphatic hydroxyl groups is 1.